The second-order valence-corrected chi connectivity index (χ2v) is 4.99. The van der Waals surface area contributed by atoms with Gasteiger partial charge in [0.05, 0.1) is 11.6 Å². The van der Waals surface area contributed by atoms with Gasteiger partial charge in [0.1, 0.15) is 0 Å². The summed E-state index contributed by atoms with van der Waals surface area (Å²) in [6.07, 6.45) is 0. The number of halogens is 1. The van der Waals surface area contributed by atoms with Gasteiger partial charge in [0, 0.05) is 17.8 Å². The molecule has 1 atom stereocenters. The molecule has 6 heteroatoms. The van der Waals surface area contributed by atoms with E-state index in [1.807, 2.05) is 25.1 Å². The molecule has 1 aliphatic heterocycles. The molecule has 3 N–H and O–H groups in total. The Hall–Kier alpha value is -1.59. The summed E-state index contributed by atoms with van der Waals surface area (Å²) in [7, 11) is 1.60. The first-order chi connectivity index (χ1) is 9.04. The summed E-state index contributed by atoms with van der Waals surface area (Å²) in [5, 5.41) is 9.76. The van der Waals surface area contributed by atoms with E-state index in [0.29, 0.717) is 15.7 Å². The first-order valence-electron chi connectivity index (χ1n) is 5.79. The number of thiocarbonyl (C=S) groups is 1. The predicted octanol–water partition coefficient (Wildman–Crippen LogP) is 1.88. The van der Waals surface area contributed by atoms with Gasteiger partial charge in [-0.05, 0) is 30.8 Å². The number of allylic oxidation sites excluding steroid dienone is 1. The van der Waals surface area contributed by atoms with Crippen LogP contribution in [0.25, 0.3) is 0 Å². The van der Waals surface area contributed by atoms with Gasteiger partial charge in [-0.1, -0.05) is 29.8 Å². The second-order valence-electron chi connectivity index (χ2n) is 4.17. The molecule has 0 radical (unpaired) electrons. The van der Waals surface area contributed by atoms with E-state index in [4.69, 9.17) is 23.8 Å². The van der Waals surface area contributed by atoms with E-state index in [-0.39, 0.29) is 11.9 Å². The smallest absolute Gasteiger partial charge is 0.251 e. The maximum absolute atomic E-state index is 12.0. The van der Waals surface area contributed by atoms with Crippen molar-refractivity contribution in [1.82, 2.24) is 16.0 Å². The van der Waals surface area contributed by atoms with Crippen LogP contribution in [0.5, 0.6) is 0 Å². The van der Waals surface area contributed by atoms with Gasteiger partial charge in [-0.25, -0.2) is 0 Å². The number of rotatable bonds is 2. The van der Waals surface area contributed by atoms with Crippen LogP contribution in [0.1, 0.15) is 18.5 Å². The van der Waals surface area contributed by atoms with Crippen molar-refractivity contribution in [1.29, 1.82) is 0 Å². The number of carbonyl (C=O) groups excluding carboxylic acids is 1. The van der Waals surface area contributed by atoms with Gasteiger partial charge in [0.2, 0.25) is 0 Å². The van der Waals surface area contributed by atoms with Crippen LogP contribution in [0.2, 0.25) is 5.02 Å². The molecule has 0 spiro atoms. The molecule has 1 aliphatic rings. The normalized spacial score (nSPS) is 18.7. The van der Waals surface area contributed by atoms with E-state index in [1.165, 1.54) is 0 Å². The maximum atomic E-state index is 12.0. The van der Waals surface area contributed by atoms with E-state index in [1.54, 1.807) is 13.1 Å². The molecule has 0 saturated carbocycles. The summed E-state index contributed by atoms with van der Waals surface area (Å²) in [6, 6.07) is 7.05. The molecule has 1 aromatic carbocycles. The van der Waals surface area contributed by atoms with E-state index < -0.39 is 0 Å². The molecular formula is C13H14ClN3OS. The summed E-state index contributed by atoms with van der Waals surface area (Å²) in [4.78, 5) is 12.0. The lowest BCUT2D eigenvalue weighted by molar-refractivity contribution is -0.117. The van der Waals surface area contributed by atoms with Crippen LogP contribution in [0.4, 0.5) is 0 Å². The third-order valence-electron chi connectivity index (χ3n) is 2.96. The topological polar surface area (TPSA) is 53.2 Å². The summed E-state index contributed by atoms with van der Waals surface area (Å²) >= 11 is 11.4. The highest BCUT2D eigenvalue weighted by atomic mass is 35.5. The summed E-state index contributed by atoms with van der Waals surface area (Å²) in [5.74, 6) is -0.162. The zero-order chi connectivity index (χ0) is 14.0. The molecule has 100 valence electrons. The zero-order valence-corrected chi connectivity index (χ0v) is 12.2. The summed E-state index contributed by atoms with van der Waals surface area (Å²) in [6.45, 7) is 1.82. The zero-order valence-electron chi connectivity index (χ0n) is 10.6. The highest BCUT2D eigenvalue weighted by molar-refractivity contribution is 7.80. The molecule has 1 amide bonds. The van der Waals surface area contributed by atoms with Gasteiger partial charge >= 0.3 is 0 Å². The quantitative estimate of drug-likeness (QED) is 0.729. The van der Waals surface area contributed by atoms with Crippen LogP contribution >= 0.6 is 23.8 Å². The number of carbonyl (C=O) groups is 1. The highest BCUT2D eigenvalue weighted by Crippen LogP contribution is 2.31. The summed E-state index contributed by atoms with van der Waals surface area (Å²) in [5.41, 5.74) is 2.14. The van der Waals surface area contributed by atoms with Crippen molar-refractivity contribution in [3.8, 4) is 0 Å². The van der Waals surface area contributed by atoms with Crippen LogP contribution in [-0.4, -0.2) is 18.1 Å². The third-order valence-corrected chi connectivity index (χ3v) is 3.52. The third kappa shape index (κ3) is 2.72. The lowest BCUT2D eigenvalue weighted by Gasteiger charge is -2.30. The molecule has 1 unspecified atom stereocenters. The van der Waals surface area contributed by atoms with Gasteiger partial charge in [-0.3, -0.25) is 4.79 Å². The Morgan fingerprint density at radius 2 is 2.11 bits per heavy atom. The Morgan fingerprint density at radius 1 is 1.42 bits per heavy atom. The molecule has 0 bridgehead atoms. The van der Waals surface area contributed by atoms with Gasteiger partial charge in [0.25, 0.3) is 5.91 Å². The SMILES string of the molecule is CNC(=O)C1=C(C)NC(=S)NC1c1ccccc1Cl. The number of hydrogen-bond acceptors (Lipinski definition) is 2. The van der Waals surface area contributed by atoms with Crippen LogP contribution in [0, 0.1) is 0 Å². The minimum Gasteiger partial charge on any atom is -0.355 e. The lowest BCUT2D eigenvalue weighted by Crippen LogP contribution is -2.46. The molecule has 4 nitrogen and oxygen atoms in total. The van der Waals surface area contributed by atoms with Crippen LogP contribution in [-0.2, 0) is 4.79 Å². The van der Waals surface area contributed by atoms with Crippen molar-refractivity contribution >= 4 is 34.8 Å². The predicted molar refractivity (Wildman–Crippen MR) is 79.8 cm³/mol. The Kier molecular flexibility index (Phi) is 4.07. The largest absolute Gasteiger partial charge is 0.355 e. The minimum absolute atomic E-state index is 0.162. The van der Waals surface area contributed by atoms with Crippen molar-refractivity contribution in [2.45, 2.75) is 13.0 Å². The number of hydrogen-bond donors (Lipinski definition) is 3. The van der Waals surface area contributed by atoms with Gasteiger partial charge in [-0.15, -0.1) is 0 Å². The van der Waals surface area contributed by atoms with Gasteiger partial charge < -0.3 is 16.0 Å². The standard InChI is InChI=1S/C13H14ClN3OS/c1-7-10(12(18)15-2)11(17-13(19)16-7)8-5-3-4-6-9(8)14/h3-6,11H,1-2H3,(H,15,18)(H2,16,17,19). The van der Waals surface area contributed by atoms with E-state index in [9.17, 15) is 4.79 Å². The van der Waals surface area contributed by atoms with E-state index in [0.717, 1.165) is 11.3 Å². The summed E-state index contributed by atoms with van der Waals surface area (Å²) < 4.78 is 0. The molecule has 0 saturated heterocycles. The van der Waals surface area contributed by atoms with Crippen molar-refractivity contribution in [3.05, 3.63) is 46.1 Å². The highest BCUT2D eigenvalue weighted by Gasteiger charge is 2.30. The second kappa shape index (κ2) is 5.59. The maximum Gasteiger partial charge on any atom is 0.251 e. The lowest BCUT2D eigenvalue weighted by atomic mass is 9.95. The van der Waals surface area contributed by atoms with E-state index >= 15 is 0 Å². The van der Waals surface area contributed by atoms with Crippen molar-refractivity contribution in [3.63, 3.8) is 0 Å². The van der Waals surface area contributed by atoms with Crippen molar-refractivity contribution in [2.24, 2.45) is 0 Å². The fourth-order valence-electron chi connectivity index (χ4n) is 2.07. The Labute approximate surface area is 122 Å². The number of nitrogens with one attached hydrogen (secondary N) is 3. The van der Waals surface area contributed by atoms with Gasteiger partial charge in [0.15, 0.2) is 5.11 Å². The molecule has 1 heterocycles. The Morgan fingerprint density at radius 3 is 2.74 bits per heavy atom. The van der Waals surface area contributed by atoms with Crippen LogP contribution in [0.3, 0.4) is 0 Å². The Bertz CT molecular complexity index is 571. The van der Waals surface area contributed by atoms with E-state index in [2.05, 4.69) is 16.0 Å². The molecular weight excluding hydrogens is 282 g/mol. The van der Waals surface area contributed by atoms with Gasteiger partial charge in [-0.2, -0.15) is 0 Å². The monoisotopic (exact) mass is 295 g/mol. The molecule has 0 fully saturated rings. The first kappa shape index (κ1) is 13.8. The molecule has 0 aliphatic carbocycles. The fraction of sp³-hybridized carbons (Fsp3) is 0.231. The molecule has 2 rings (SSSR count). The average Bonchev–Trinajstić information content (AvgIpc) is 2.37. The van der Waals surface area contributed by atoms with Crippen molar-refractivity contribution in [2.75, 3.05) is 7.05 Å². The van der Waals surface area contributed by atoms with Crippen LogP contribution < -0.4 is 16.0 Å². The average molecular weight is 296 g/mol. The molecule has 1 aromatic rings. The van der Waals surface area contributed by atoms with Crippen molar-refractivity contribution < 1.29 is 4.79 Å². The number of benzene rings is 1. The number of likely N-dealkylation sites (N-methyl/N-ethyl adjacent to an activating group) is 1. The molecule has 19 heavy (non-hydrogen) atoms. The first-order valence-corrected chi connectivity index (χ1v) is 6.58. The number of amides is 1. The molecule has 0 aromatic heterocycles. The minimum atomic E-state index is -0.345. The Balaban J connectivity index is 2.53. The van der Waals surface area contributed by atoms with Crippen LogP contribution in [0.15, 0.2) is 35.5 Å². The fourth-order valence-corrected chi connectivity index (χ4v) is 2.59.